The summed E-state index contributed by atoms with van der Waals surface area (Å²) < 4.78 is 0. The van der Waals surface area contributed by atoms with Gasteiger partial charge in [-0.15, -0.1) is 0 Å². The third kappa shape index (κ3) is 3.36. The van der Waals surface area contributed by atoms with Crippen LogP contribution in [0.15, 0.2) is 60.7 Å². The number of hydrogen-bond donors (Lipinski definition) is 0. The first-order chi connectivity index (χ1) is 13.1. The number of carbonyl (C=O) groups excluding carboxylic acids is 3. The highest BCUT2D eigenvalue weighted by Gasteiger charge is 2.43. The van der Waals surface area contributed by atoms with Crippen LogP contribution in [-0.2, 0) is 9.59 Å². The van der Waals surface area contributed by atoms with Crippen LogP contribution in [0.4, 0.5) is 5.69 Å². The van der Waals surface area contributed by atoms with Crippen LogP contribution in [0.1, 0.15) is 16.8 Å². The Morgan fingerprint density at radius 1 is 0.815 bits per heavy atom. The van der Waals surface area contributed by atoms with E-state index in [1.165, 1.54) is 4.90 Å². The van der Waals surface area contributed by atoms with E-state index in [-0.39, 0.29) is 24.1 Å². The predicted molar refractivity (Wildman–Crippen MR) is 101 cm³/mol. The number of carbonyl (C=O) groups is 3. The molecule has 2 aromatic rings. The summed E-state index contributed by atoms with van der Waals surface area (Å²) in [6.07, 6.45) is 0.195. The number of nitrogens with zero attached hydrogens (tertiary/aromatic N) is 3. The van der Waals surface area contributed by atoms with Gasteiger partial charge < -0.3 is 4.90 Å². The van der Waals surface area contributed by atoms with Crippen LogP contribution >= 0.6 is 0 Å². The molecule has 6 nitrogen and oxygen atoms in total. The molecule has 0 saturated carbocycles. The van der Waals surface area contributed by atoms with Crippen molar-refractivity contribution < 1.29 is 14.4 Å². The summed E-state index contributed by atoms with van der Waals surface area (Å²) >= 11 is 0. The molecule has 0 aromatic heterocycles. The molecule has 2 aromatic carbocycles. The number of rotatable bonds is 3. The van der Waals surface area contributed by atoms with Crippen molar-refractivity contribution >= 4 is 23.4 Å². The normalized spacial score (nSPS) is 21.0. The zero-order valence-electron chi connectivity index (χ0n) is 15.0. The lowest BCUT2D eigenvalue weighted by molar-refractivity contribution is -0.123. The second-order valence-electron chi connectivity index (χ2n) is 6.82. The van der Waals surface area contributed by atoms with Crippen molar-refractivity contribution in [2.24, 2.45) is 0 Å². The third-order valence-corrected chi connectivity index (χ3v) is 5.20. The van der Waals surface area contributed by atoms with E-state index in [4.69, 9.17) is 0 Å². The number of piperazine rings is 1. The minimum Gasteiger partial charge on any atom is -0.336 e. The van der Waals surface area contributed by atoms with Crippen molar-refractivity contribution in [3.8, 4) is 0 Å². The summed E-state index contributed by atoms with van der Waals surface area (Å²) in [4.78, 5) is 42.9. The summed E-state index contributed by atoms with van der Waals surface area (Å²) in [7, 11) is 0. The molecule has 3 amide bonds. The summed E-state index contributed by atoms with van der Waals surface area (Å²) in [6, 6.07) is 17.8. The fourth-order valence-electron chi connectivity index (χ4n) is 3.75. The van der Waals surface area contributed by atoms with Gasteiger partial charge in [0.2, 0.25) is 5.91 Å². The lowest BCUT2D eigenvalue weighted by Gasteiger charge is -2.37. The van der Waals surface area contributed by atoms with E-state index in [1.807, 2.05) is 58.3 Å². The van der Waals surface area contributed by atoms with Gasteiger partial charge in [0.05, 0.1) is 18.2 Å². The van der Waals surface area contributed by atoms with E-state index in [0.29, 0.717) is 37.4 Å². The lowest BCUT2D eigenvalue weighted by atomic mass is 10.1. The van der Waals surface area contributed by atoms with Crippen LogP contribution < -0.4 is 4.90 Å². The number of hydrogen-bond acceptors (Lipinski definition) is 4. The summed E-state index contributed by atoms with van der Waals surface area (Å²) in [5.41, 5.74) is 1.29. The molecule has 0 aliphatic carbocycles. The smallest absolute Gasteiger partial charge is 0.253 e. The first kappa shape index (κ1) is 17.4. The second kappa shape index (κ2) is 7.32. The first-order valence-electron chi connectivity index (χ1n) is 9.15. The van der Waals surface area contributed by atoms with Crippen molar-refractivity contribution in [1.29, 1.82) is 0 Å². The van der Waals surface area contributed by atoms with Crippen LogP contribution in [0, 0.1) is 0 Å². The maximum absolute atomic E-state index is 12.8. The Balaban J connectivity index is 1.41. The molecule has 0 unspecified atom stereocenters. The van der Waals surface area contributed by atoms with Crippen molar-refractivity contribution in [2.45, 2.75) is 12.5 Å². The molecule has 1 atom stereocenters. The number of benzene rings is 2. The maximum atomic E-state index is 12.8. The minimum atomic E-state index is -0.438. The molecule has 2 saturated heterocycles. The van der Waals surface area contributed by atoms with Crippen LogP contribution in [0.2, 0.25) is 0 Å². The Labute approximate surface area is 158 Å². The molecule has 2 fully saturated rings. The van der Waals surface area contributed by atoms with Gasteiger partial charge in [0, 0.05) is 31.7 Å². The van der Waals surface area contributed by atoms with Gasteiger partial charge in [-0.1, -0.05) is 36.4 Å². The monoisotopic (exact) mass is 363 g/mol. The quantitative estimate of drug-likeness (QED) is 0.780. The van der Waals surface area contributed by atoms with E-state index < -0.39 is 6.04 Å². The van der Waals surface area contributed by atoms with Crippen molar-refractivity contribution in [2.75, 3.05) is 31.1 Å². The van der Waals surface area contributed by atoms with Gasteiger partial charge in [-0.25, -0.2) is 4.90 Å². The highest BCUT2D eigenvalue weighted by molar-refractivity contribution is 6.22. The van der Waals surface area contributed by atoms with Gasteiger partial charge in [0.25, 0.3) is 11.8 Å². The lowest BCUT2D eigenvalue weighted by Crippen LogP contribution is -2.53. The summed E-state index contributed by atoms with van der Waals surface area (Å²) in [5, 5.41) is 0. The Kier molecular flexibility index (Phi) is 4.73. The second-order valence-corrected chi connectivity index (χ2v) is 6.82. The maximum Gasteiger partial charge on any atom is 0.253 e. The van der Waals surface area contributed by atoms with E-state index in [1.54, 1.807) is 12.1 Å². The fraction of sp³-hybridized carbons (Fsp3) is 0.286. The van der Waals surface area contributed by atoms with Crippen LogP contribution in [0.25, 0.3) is 0 Å². The summed E-state index contributed by atoms with van der Waals surface area (Å²) in [5.74, 6) is -0.331. The van der Waals surface area contributed by atoms with Gasteiger partial charge >= 0.3 is 0 Å². The molecule has 0 radical (unpaired) electrons. The van der Waals surface area contributed by atoms with E-state index in [2.05, 4.69) is 0 Å². The predicted octanol–water partition coefficient (Wildman–Crippen LogP) is 1.78. The zero-order chi connectivity index (χ0) is 18.8. The van der Waals surface area contributed by atoms with Crippen LogP contribution in [-0.4, -0.2) is 59.7 Å². The van der Waals surface area contributed by atoms with E-state index in [0.717, 1.165) is 0 Å². The highest BCUT2D eigenvalue weighted by Crippen LogP contribution is 2.26. The molecule has 2 aliphatic rings. The molecule has 2 aliphatic heterocycles. The van der Waals surface area contributed by atoms with Gasteiger partial charge in [0.1, 0.15) is 0 Å². The third-order valence-electron chi connectivity index (χ3n) is 5.20. The molecular weight excluding hydrogens is 342 g/mol. The Morgan fingerprint density at radius 2 is 1.41 bits per heavy atom. The number of para-hydroxylation sites is 1. The van der Waals surface area contributed by atoms with Gasteiger partial charge in [-0.3, -0.25) is 19.3 Å². The van der Waals surface area contributed by atoms with E-state index in [9.17, 15) is 14.4 Å². The number of amides is 3. The van der Waals surface area contributed by atoms with Crippen molar-refractivity contribution in [3.05, 3.63) is 66.2 Å². The largest absolute Gasteiger partial charge is 0.336 e. The minimum absolute atomic E-state index is 0.00925. The average Bonchev–Trinajstić information content (AvgIpc) is 3.03. The number of imide groups is 1. The van der Waals surface area contributed by atoms with E-state index >= 15 is 0 Å². The van der Waals surface area contributed by atoms with Crippen molar-refractivity contribution in [3.63, 3.8) is 0 Å². The molecule has 6 heteroatoms. The fourth-order valence-corrected chi connectivity index (χ4v) is 3.75. The average molecular weight is 363 g/mol. The first-order valence-corrected chi connectivity index (χ1v) is 9.15. The molecule has 4 rings (SSSR count). The van der Waals surface area contributed by atoms with Crippen LogP contribution in [0.5, 0.6) is 0 Å². The SMILES string of the molecule is O=C(c1ccccc1)N1CCN([C@H]2CC(=O)N(c3ccccc3)C2=O)CC1. The standard InChI is InChI=1S/C21H21N3O3/c25-19-15-18(21(27)24(19)17-9-5-2-6-10-17)22-11-13-23(14-12-22)20(26)16-7-3-1-4-8-16/h1-10,18H,11-15H2/t18-/m0/s1. The molecule has 0 spiro atoms. The van der Waals surface area contributed by atoms with Gasteiger partial charge in [0.15, 0.2) is 0 Å². The molecule has 138 valence electrons. The molecule has 0 N–H and O–H groups in total. The van der Waals surface area contributed by atoms with Crippen molar-refractivity contribution in [1.82, 2.24) is 9.80 Å². The molecule has 2 heterocycles. The highest BCUT2D eigenvalue weighted by atomic mass is 16.2. The summed E-state index contributed by atoms with van der Waals surface area (Å²) in [6.45, 7) is 2.28. The zero-order valence-corrected chi connectivity index (χ0v) is 15.0. The van der Waals surface area contributed by atoms with Gasteiger partial charge in [-0.05, 0) is 24.3 Å². The Bertz CT molecular complexity index is 845. The molecule has 0 bridgehead atoms. The Morgan fingerprint density at radius 3 is 2.04 bits per heavy atom. The topological polar surface area (TPSA) is 60.9 Å². The number of anilines is 1. The van der Waals surface area contributed by atoms with Crippen LogP contribution in [0.3, 0.4) is 0 Å². The molecule has 27 heavy (non-hydrogen) atoms. The van der Waals surface area contributed by atoms with Gasteiger partial charge in [-0.2, -0.15) is 0 Å². The Hall–Kier alpha value is -2.99. The molecular formula is C21H21N3O3.